The van der Waals surface area contributed by atoms with Crippen molar-refractivity contribution >= 4 is 33.4 Å². The van der Waals surface area contributed by atoms with Crippen LogP contribution in [0.1, 0.15) is 37.1 Å². The largest absolute Gasteiger partial charge is 0.435 e. The molecule has 2 atom stereocenters. The van der Waals surface area contributed by atoms with E-state index in [1.807, 2.05) is 6.92 Å². The summed E-state index contributed by atoms with van der Waals surface area (Å²) in [7, 11) is 0. The van der Waals surface area contributed by atoms with Gasteiger partial charge in [0.05, 0.1) is 17.4 Å². The van der Waals surface area contributed by atoms with Crippen molar-refractivity contribution in [3.05, 3.63) is 65.4 Å². The van der Waals surface area contributed by atoms with Crippen LogP contribution in [0.3, 0.4) is 0 Å². The number of hydrogen-bond acceptors (Lipinski definition) is 4. The summed E-state index contributed by atoms with van der Waals surface area (Å²) in [4.78, 5) is 9.77. The van der Waals surface area contributed by atoms with E-state index < -0.39 is 0 Å². The van der Waals surface area contributed by atoms with E-state index in [-0.39, 0.29) is 11.7 Å². The van der Waals surface area contributed by atoms with Crippen molar-refractivity contribution in [3.8, 4) is 0 Å². The van der Waals surface area contributed by atoms with Crippen molar-refractivity contribution in [2.75, 3.05) is 16.3 Å². The second-order valence-corrected chi connectivity index (χ2v) is 8.75. The first-order valence-electron chi connectivity index (χ1n) is 10.4. The molecule has 0 N–H and O–H groups in total. The summed E-state index contributed by atoms with van der Waals surface area (Å²) < 4.78 is 6.42. The first-order chi connectivity index (χ1) is 14.0. The Labute approximate surface area is 170 Å². The molecule has 3 aliphatic heterocycles. The molecule has 3 aliphatic rings. The van der Waals surface area contributed by atoms with Gasteiger partial charge in [-0.3, -0.25) is 0 Å². The minimum Gasteiger partial charge on any atom is -0.435 e. The van der Waals surface area contributed by atoms with Crippen molar-refractivity contribution in [3.63, 3.8) is 0 Å². The number of para-hydroxylation sites is 1. The van der Waals surface area contributed by atoms with Gasteiger partial charge in [0.2, 0.25) is 5.71 Å². The summed E-state index contributed by atoms with van der Waals surface area (Å²) in [5.74, 6) is 0. The van der Waals surface area contributed by atoms with E-state index in [0.717, 1.165) is 40.7 Å². The van der Waals surface area contributed by atoms with Crippen LogP contribution in [0.2, 0.25) is 0 Å². The molecule has 0 aliphatic carbocycles. The molecule has 0 saturated carbocycles. The molecule has 1 fully saturated rings. The maximum atomic E-state index is 6.42. The molecule has 0 spiro atoms. The summed E-state index contributed by atoms with van der Waals surface area (Å²) in [6.45, 7) is 10.00. The van der Waals surface area contributed by atoms with Gasteiger partial charge in [-0.1, -0.05) is 30.3 Å². The van der Waals surface area contributed by atoms with Crippen LogP contribution in [0.15, 0.2) is 52.9 Å². The molecule has 2 aromatic carbocycles. The minimum absolute atomic E-state index is 0.0634. The van der Waals surface area contributed by atoms with Gasteiger partial charge in [0.15, 0.2) is 5.58 Å². The number of benzene rings is 2. The van der Waals surface area contributed by atoms with Crippen molar-refractivity contribution in [2.45, 2.75) is 45.8 Å². The Kier molecular flexibility index (Phi) is 3.22. The third-order valence-electron chi connectivity index (χ3n) is 7.05. The third-order valence-corrected chi connectivity index (χ3v) is 7.05. The Balaban J connectivity index is 1.66. The lowest BCUT2D eigenvalue weighted by Crippen LogP contribution is -2.66. The molecule has 1 saturated heterocycles. The van der Waals surface area contributed by atoms with E-state index in [1.165, 1.54) is 22.5 Å². The summed E-state index contributed by atoms with van der Waals surface area (Å²) in [5.41, 5.74) is 7.83. The molecule has 4 nitrogen and oxygen atoms in total. The summed E-state index contributed by atoms with van der Waals surface area (Å²) in [6, 6.07) is 17.5. The topological polar surface area (TPSA) is 32.5 Å². The maximum Gasteiger partial charge on any atom is 0.227 e. The number of rotatable bonds is 1. The van der Waals surface area contributed by atoms with E-state index in [9.17, 15) is 0 Å². The highest BCUT2D eigenvalue weighted by atomic mass is 16.3. The zero-order valence-electron chi connectivity index (χ0n) is 17.4. The average molecular weight is 383 g/mol. The van der Waals surface area contributed by atoms with E-state index in [1.54, 1.807) is 0 Å². The minimum atomic E-state index is -0.0634. The Morgan fingerprint density at radius 2 is 1.83 bits per heavy atom. The van der Waals surface area contributed by atoms with Gasteiger partial charge in [-0.25, -0.2) is 4.98 Å². The van der Waals surface area contributed by atoms with Gasteiger partial charge in [0, 0.05) is 34.3 Å². The van der Waals surface area contributed by atoms with Crippen LogP contribution in [0.25, 0.3) is 22.1 Å². The molecule has 7 rings (SSSR count). The Morgan fingerprint density at radius 3 is 2.69 bits per heavy atom. The van der Waals surface area contributed by atoms with Crippen LogP contribution in [-0.4, -0.2) is 17.7 Å². The van der Waals surface area contributed by atoms with Crippen molar-refractivity contribution in [1.82, 2.24) is 4.98 Å². The van der Waals surface area contributed by atoms with Crippen LogP contribution < -0.4 is 9.80 Å². The Bertz CT molecular complexity index is 1290. The van der Waals surface area contributed by atoms with Crippen molar-refractivity contribution in [1.29, 1.82) is 0 Å². The van der Waals surface area contributed by atoms with Crippen LogP contribution in [-0.2, 0) is 5.54 Å². The summed E-state index contributed by atoms with van der Waals surface area (Å²) in [5, 5.41) is 2.24. The fourth-order valence-corrected chi connectivity index (χ4v) is 5.59. The van der Waals surface area contributed by atoms with Crippen LogP contribution in [0.5, 0.6) is 0 Å². The molecule has 2 aromatic heterocycles. The van der Waals surface area contributed by atoms with E-state index >= 15 is 0 Å². The zero-order chi connectivity index (χ0) is 19.9. The van der Waals surface area contributed by atoms with Crippen LogP contribution in [0, 0.1) is 13.8 Å². The Hall–Kier alpha value is -3.01. The van der Waals surface area contributed by atoms with Gasteiger partial charge in [-0.05, 0) is 57.9 Å². The molecule has 2 unspecified atom stereocenters. The zero-order valence-corrected chi connectivity index (χ0v) is 17.4. The molecular formula is C25H25N3O. The molecule has 146 valence electrons. The van der Waals surface area contributed by atoms with E-state index in [0.29, 0.717) is 0 Å². The lowest BCUT2D eigenvalue weighted by Gasteiger charge is -2.60. The summed E-state index contributed by atoms with van der Waals surface area (Å²) in [6.07, 6.45) is 1.36. The molecule has 5 heterocycles. The first-order valence-corrected chi connectivity index (χ1v) is 10.4. The highest BCUT2D eigenvalue weighted by Gasteiger charge is 2.50. The SMILES string of the molecule is Cc1ccc2c(n1)oc1c(N3C(C)N4CCC3(C)c3ccccc34)c(C)ccc12. The smallest absolute Gasteiger partial charge is 0.227 e. The second kappa shape index (κ2) is 5.53. The number of aryl methyl sites for hydroxylation is 2. The monoisotopic (exact) mass is 383 g/mol. The number of anilines is 2. The first kappa shape index (κ1) is 16.9. The lowest BCUT2D eigenvalue weighted by atomic mass is 9.77. The number of hydrogen-bond donors (Lipinski definition) is 0. The quantitative estimate of drug-likeness (QED) is 0.410. The average Bonchev–Trinajstić information content (AvgIpc) is 3.07. The van der Waals surface area contributed by atoms with Gasteiger partial charge >= 0.3 is 0 Å². The lowest BCUT2D eigenvalue weighted by molar-refractivity contribution is 0.294. The third kappa shape index (κ3) is 2.06. The van der Waals surface area contributed by atoms with E-state index in [4.69, 9.17) is 4.42 Å². The molecule has 29 heavy (non-hydrogen) atoms. The predicted octanol–water partition coefficient (Wildman–Crippen LogP) is 5.89. The second-order valence-electron chi connectivity index (χ2n) is 8.75. The number of fused-ring (bicyclic) bond motifs is 5. The maximum absolute atomic E-state index is 6.42. The standard InChI is InChI=1S/C25H25N3O/c1-15-9-11-18-19-12-10-16(2)26-24(19)29-23(18)22(15)28-17(3)27-14-13-25(28,4)20-7-5-6-8-21(20)27/h5-12,17H,13-14H2,1-4H3. The molecule has 0 radical (unpaired) electrons. The number of pyridine rings is 1. The fraction of sp³-hybridized carbons (Fsp3) is 0.320. The number of furan rings is 1. The van der Waals surface area contributed by atoms with Crippen LogP contribution in [0.4, 0.5) is 11.4 Å². The molecule has 0 amide bonds. The van der Waals surface area contributed by atoms with E-state index in [2.05, 4.69) is 84.1 Å². The van der Waals surface area contributed by atoms with Crippen LogP contribution >= 0.6 is 0 Å². The normalized spacial score (nSPS) is 23.2. The summed E-state index contributed by atoms with van der Waals surface area (Å²) >= 11 is 0. The van der Waals surface area contributed by atoms with Gasteiger partial charge in [0.1, 0.15) is 0 Å². The van der Waals surface area contributed by atoms with Gasteiger partial charge in [-0.2, -0.15) is 0 Å². The van der Waals surface area contributed by atoms with Gasteiger partial charge < -0.3 is 14.2 Å². The molecule has 4 heteroatoms. The Morgan fingerprint density at radius 1 is 1.03 bits per heavy atom. The fourth-order valence-electron chi connectivity index (χ4n) is 5.59. The predicted molar refractivity (Wildman–Crippen MR) is 119 cm³/mol. The highest BCUT2D eigenvalue weighted by molar-refractivity contribution is 6.09. The van der Waals surface area contributed by atoms with Gasteiger partial charge in [-0.15, -0.1) is 0 Å². The number of aromatic nitrogens is 1. The molecule has 4 aromatic rings. The molecular weight excluding hydrogens is 358 g/mol. The number of nitrogens with zero attached hydrogens (tertiary/aromatic N) is 3. The van der Waals surface area contributed by atoms with Gasteiger partial charge in [0.25, 0.3) is 0 Å². The van der Waals surface area contributed by atoms with Crippen molar-refractivity contribution < 1.29 is 4.42 Å². The highest BCUT2D eigenvalue weighted by Crippen LogP contribution is 2.53. The van der Waals surface area contributed by atoms with Crippen molar-refractivity contribution in [2.24, 2.45) is 0 Å². The molecule has 2 bridgehead atoms.